The van der Waals surface area contributed by atoms with Gasteiger partial charge in [0.05, 0.1) is 11.3 Å². The van der Waals surface area contributed by atoms with Crippen LogP contribution in [0.4, 0.5) is 0 Å². The normalized spacial score (nSPS) is 18.4. The van der Waals surface area contributed by atoms with E-state index in [0.29, 0.717) is 11.7 Å². The second kappa shape index (κ2) is 8.63. The van der Waals surface area contributed by atoms with Crippen molar-refractivity contribution >= 4 is 5.57 Å². The first-order valence-corrected chi connectivity index (χ1v) is 10.6. The minimum atomic E-state index is 0.498. The predicted molar refractivity (Wildman–Crippen MR) is 113 cm³/mol. The molecule has 2 aliphatic carbocycles. The van der Waals surface area contributed by atoms with Crippen LogP contribution in [0.2, 0.25) is 0 Å². The summed E-state index contributed by atoms with van der Waals surface area (Å²) in [5.74, 6) is 1.18. The van der Waals surface area contributed by atoms with Crippen LogP contribution in [0.25, 0.3) is 17.0 Å². The van der Waals surface area contributed by atoms with Crippen LogP contribution < -0.4 is 0 Å². The van der Waals surface area contributed by atoms with Gasteiger partial charge >= 0.3 is 0 Å². The minimum absolute atomic E-state index is 0.498. The van der Waals surface area contributed by atoms with E-state index in [0.717, 1.165) is 18.4 Å². The first-order chi connectivity index (χ1) is 13.8. The molecular formula is C23H29N5. The largest absolute Gasteiger partial charge is 0.256 e. The Hall–Kier alpha value is -2.56. The summed E-state index contributed by atoms with van der Waals surface area (Å²) in [6.07, 6.45) is 18.8. The monoisotopic (exact) mass is 375 g/mol. The molecule has 0 aliphatic heterocycles. The standard InChI is InChI=1S/C23H29N5/c1-3-4-6-11-16(2)20-18-14-7-5-8-15-19(18)24-22(17-12-9-10-13-17)21(20)23-25-27-28-26-23/h3-4,6,11,17H,1,5,7-10,12-15H2,2H3,(H,25,26,27,28)/b6-4-,16-11+. The van der Waals surface area contributed by atoms with Crippen LogP contribution in [-0.4, -0.2) is 25.6 Å². The lowest BCUT2D eigenvalue weighted by Gasteiger charge is -2.22. The van der Waals surface area contributed by atoms with Crippen LogP contribution in [0.3, 0.4) is 0 Å². The number of aromatic nitrogens is 5. The number of fused-ring (bicyclic) bond motifs is 1. The Morgan fingerprint density at radius 1 is 1.07 bits per heavy atom. The van der Waals surface area contributed by atoms with Gasteiger partial charge < -0.3 is 0 Å². The molecule has 4 rings (SSSR count). The average Bonchev–Trinajstić information content (AvgIpc) is 3.38. The minimum Gasteiger partial charge on any atom is -0.256 e. The highest BCUT2D eigenvalue weighted by molar-refractivity contribution is 5.82. The molecule has 146 valence electrons. The summed E-state index contributed by atoms with van der Waals surface area (Å²) in [5.41, 5.74) is 7.49. The highest BCUT2D eigenvalue weighted by Crippen LogP contribution is 2.43. The van der Waals surface area contributed by atoms with E-state index in [1.165, 1.54) is 73.0 Å². The first kappa shape index (κ1) is 18.8. The number of pyridine rings is 1. The molecule has 2 heterocycles. The zero-order valence-electron chi connectivity index (χ0n) is 16.7. The van der Waals surface area contributed by atoms with E-state index < -0.39 is 0 Å². The third-order valence-corrected chi connectivity index (χ3v) is 6.05. The van der Waals surface area contributed by atoms with Gasteiger partial charge in [0, 0.05) is 11.6 Å². The quantitative estimate of drug-likeness (QED) is 0.566. The molecule has 0 saturated heterocycles. The van der Waals surface area contributed by atoms with Gasteiger partial charge in [0.1, 0.15) is 0 Å². The molecule has 0 aromatic carbocycles. The molecule has 0 unspecified atom stereocenters. The molecular weight excluding hydrogens is 346 g/mol. The lowest BCUT2D eigenvalue weighted by atomic mass is 9.86. The van der Waals surface area contributed by atoms with Crippen LogP contribution in [0.1, 0.15) is 80.3 Å². The van der Waals surface area contributed by atoms with Gasteiger partial charge in [-0.25, -0.2) is 0 Å². The van der Waals surface area contributed by atoms with Gasteiger partial charge in [-0.15, -0.1) is 10.2 Å². The molecule has 0 atom stereocenters. The second-order valence-corrected chi connectivity index (χ2v) is 7.92. The maximum Gasteiger partial charge on any atom is 0.207 e. The molecule has 5 heteroatoms. The fraction of sp³-hybridized carbons (Fsp3) is 0.478. The molecule has 2 aromatic heterocycles. The average molecular weight is 376 g/mol. The van der Waals surface area contributed by atoms with Gasteiger partial charge in [-0.3, -0.25) is 4.98 Å². The molecule has 28 heavy (non-hydrogen) atoms. The number of nitrogens with zero attached hydrogens (tertiary/aromatic N) is 4. The van der Waals surface area contributed by atoms with Crippen molar-refractivity contribution in [2.45, 2.75) is 70.6 Å². The van der Waals surface area contributed by atoms with Gasteiger partial charge in [-0.2, -0.15) is 5.21 Å². The maximum atomic E-state index is 5.27. The van der Waals surface area contributed by atoms with E-state index in [-0.39, 0.29) is 0 Å². The van der Waals surface area contributed by atoms with Crippen molar-refractivity contribution in [1.29, 1.82) is 0 Å². The number of nitrogens with one attached hydrogen (secondary N) is 1. The number of hydrogen-bond donors (Lipinski definition) is 1. The molecule has 2 aliphatic rings. The van der Waals surface area contributed by atoms with Gasteiger partial charge in [0.2, 0.25) is 5.82 Å². The van der Waals surface area contributed by atoms with Gasteiger partial charge in [-0.1, -0.05) is 50.1 Å². The van der Waals surface area contributed by atoms with E-state index in [2.05, 4.69) is 46.3 Å². The number of hydrogen-bond acceptors (Lipinski definition) is 4. The molecule has 0 radical (unpaired) electrons. The van der Waals surface area contributed by atoms with Crippen molar-refractivity contribution in [1.82, 2.24) is 25.6 Å². The Bertz CT molecular complexity index is 886. The summed E-state index contributed by atoms with van der Waals surface area (Å²) < 4.78 is 0. The summed E-state index contributed by atoms with van der Waals surface area (Å²) in [6, 6.07) is 0. The molecule has 1 fully saturated rings. The Kier molecular flexibility index (Phi) is 5.79. The van der Waals surface area contributed by atoms with Crippen LogP contribution in [0.15, 0.2) is 30.9 Å². The Labute approximate surface area is 167 Å². The summed E-state index contributed by atoms with van der Waals surface area (Å²) >= 11 is 0. The maximum absolute atomic E-state index is 5.27. The number of tetrazole rings is 1. The molecule has 1 saturated carbocycles. The van der Waals surface area contributed by atoms with Crippen molar-refractivity contribution in [3.63, 3.8) is 0 Å². The van der Waals surface area contributed by atoms with Gasteiger partial charge in [-0.05, 0) is 67.4 Å². The number of allylic oxidation sites excluding steroid dienone is 5. The summed E-state index contributed by atoms with van der Waals surface area (Å²) in [5, 5.41) is 15.3. The summed E-state index contributed by atoms with van der Waals surface area (Å²) in [6.45, 7) is 5.97. The summed E-state index contributed by atoms with van der Waals surface area (Å²) in [4.78, 5) is 5.27. The number of aromatic amines is 1. The van der Waals surface area contributed by atoms with Crippen molar-refractivity contribution in [2.24, 2.45) is 0 Å². The second-order valence-electron chi connectivity index (χ2n) is 7.92. The fourth-order valence-corrected chi connectivity index (χ4v) is 4.72. The lowest BCUT2D eigenvalue weighted by Crippen LogP contribution is -2.11. The number of rotatable bonds is 5. The molecule has 2 aromatic rings. The highest BCUT2D eigenvalue weighted by atomic mass is 15.5. The van der Waals surface area contributed by atoms with Gasteiger partial charge in [0.15, 0.2) is 0 Å². The van der Waals surface area contributed by atoms with E-state index >= 15 is 0 Å². The van der Waals surface area contributed by atoms with Crippen LogP contribution in [0, 0.1) is 0 Å². The van der Waals surface area contributed by atoms with Crippen LogP contribution in [0.5, 0.6) is 0 Å². The Balaban J connectivity index is 1.98. The lowest BCUT2D eigenvalue weighted by molar-refractivity contribution is 0.683. The first-order valence-electron chi connectivity index (χ1n) is 10.6. The number of H-pyrrole nitrogens is 1. The molecule has 0 bridgehead atoms. The zero-order chi connectivity index (χ0) is 19.3. The number of aryl methyl sites for hydroxylation is 1. The van der Waals surface area contributed by atoms with E-state index in [1.807, 2.05) is 6.08 Å². The smallest absolute Gasteiger partial charge is 0.207 e. The van der Waals surface area contributed by atoms with Crippen molar-refractivity contribution in [2.75, 3.05) is 0 Å². The SMILES string of the molecule is C=C/C=C\C=C(/C)c1c2c(nc(C3CCCC3)c1-c1nn[nH]n1)CCCCC2. The zero-order valence-corrected chi connectivity index (χ0v) is 16.7. The molecule has 5 nitrogen and oxygen atoms in total. The molecule has 1 N–H and O–H groups in total. The van der Waals surface area contributed by atoms with Crippen molar-refractivity contribution in [3.05, 3.63) is 53.4 Å². The molecule has 0 amide bonds. The third kappa shape index (κ3) is 3.71. The third-order valence-electron chi connectivity index (χ3n) is 6.05. The van der Waals surface area contributed by atoms with Gasteiger partial charge in [0.25, 0.3) is 0 Å². The van der Waals surface area contributed by atoms with Crippen molar-refractivity contribution in [3.8, 4) is 11.4 Å². The molecule has 0 spiro atoms. The Morgan fingerprint density at radius 2 is 1.89 bits per heavy atom. The van der Waals surface area contributed by atoms with Crippen LogP contribution >= 0.6 is 0 Å². The van der Waals surface area contributed by atoms with Crippen molar-refractivity contribution < 1.29 is 0 Å². The Morgan fingerprint density at radius 3 is 2.64 bits per heavy atom. The predicted octanol–water partition coefficient (Wildman–Crippen LogP) is 5.33. The summed E-state index contributed by atoms with van der Waals surface area (Å²) in [7, 11) is 0. The highest BCUT2D eigenvalue weighted by Gasteiger charge is 2.30. The fourth-order valence-electron chi connectivity index (χ4n) is 4.72. The van der Waals surface area contributed by atoms with E-state index in [9.17, 15) is 0 Å². The van der Waals surface area contributed by atoms with E-state index in [1.54, 1.807) is 6.08 Å². The van der Waals surface area contributed by atoms with Crippen LogP contribution in [-0.2, 0) is 12.8 Å². The van der Waals surface area contributed by atoms with E-state index in [4.69, 9.17) is 4.98 Å². The topological polar surface area (TPSA) is 67.3 Å².